The minimum atomic E-state index is -0.208. The van der Waals surface area contributed by atoms with E-state index in [2.05, 4.69) is 33.4 Å². The average molecular weight is 436 g/mol. The van der Waals surface area contributed by atoms with Gasteiger partial charge in [-0.05, 0) is 50.0 Å². The van der Waals surface area contributed by atoms with Crippen LogP contribution in [-0.2, 0) is 19.6 Å². The third-order valence-corrected chi connectivity index (χ3v) is 6.16. The minimum absolute atomic E-state index is 0. The predicted molar refractivity (Wildman–Crippen MR) is 117 cm³/mol. The molecule has 4 rings (SSSR count). The van der Waals surface area contributed by atoms with E-state index in [0.29, 0.717) is 12.5 Å². The Kier molecular flexibility index (Phi) is 7.77. The van der Waals surface area contributed by atoms with Gasteiger partial charge in [-0.1, -0.05) is 12.1 Å². The van der Waals surface area contributed by atoms with Crippen LogP contribution in [0.25, 0.3) is 0 Å². The summed E-state index contributed by atoms with van der Waals surface area (Å²) in [5.41, 5.74) is 5.31. The number of aryl methyl sites for hydroxylation is 1. The van der Waals surface area contributed by atoms with Gasteiger partial charge in [0.1, 0.15) is 5.82 Å². The van der Waals surface area contributed by atoms with Crippen LogP contribution < -0.4 is 5.32 Å². The second-order valence-electron chi connectivity index (χ2n) is 7.56. The van der Waals surface area contributed by atoms with Gasteiger partial charge in [-0.15, -0.1) is 23.7 Å². The maximum absolute atomic E-state index is 13.1. The van der Waals surface area contributed by atoms with Crippen LogP contribution in [0.5, 0.6) is 0 Å². The maximum atomic E-state index is 13.1. The second-order valence-corrected chi connectivity index (χ2v) is 8.50. The first-order chi connectivity index (χ1) is 13.7. The van der Waals surface area contributed by atoms with Crippen LogP contribution in [0.15, 0.2) is 42.2 Å². The number of rotatable bonds is 8. The summed E-state index contributed by atoms with van der Waals surface area (Å²) in [6.45, 7) is 7.83. The molecular weight excluding hydrogens is 409 g/mol. The van der Waals surface area contributed by atoms with Gasteiger partial charge in [-0.25, -0.2) is 9.37 Å². The fourth-order valence-electron chi connectivity index (χ4n) is 3.71. The second kappa shape index (κ2) is 10.3. The Hall–Kier alpha value is -1.80. The molecule has 1 saturated heterocycles. The molecule has 0 radical (unpaired) electrons. The lowest BCUT2D eigenvalue weighted by Gasteiger charge is -2.24. The third kappa shape index (κ3) is 6.09. The zero-order valence-electron chi connectivity index (χ0n) is 16.6. The molecule has 1 unspecified atom stereocenters. The van der Waals surface area contributed by atoms with Crippen molar-refractivity contribution in [1.82, 2.24) is 25.0 Å². The van der Waals surface area contributed by atoms with Crippen LogP contribution in [0, 0.1) is 18.7 Å². The maximum Gasteiger partial charge on any atom is 0.123 e. The number of hydrogen-bond acceptors (Lipinski definition) is 5. The van der Waals surface area contributed by atoms with E-state index in [0.717, 1.165) is 44.0 Å². The molecule has 8 heteroatoms. The van der Waals surface area contributed by atoms with Crippen molar-refractivity contribution >= 4 is 23.7 Å². The predicted octanol–water partition coefficient (Wildman–Crippen LogP) is 3.87. The van der Waals surface area contributed by atoms with Gasteiger partial charge in [0, 0.05) is 36.3 Å². The average Bonchev–Trinajstić information content (AvgIpc) is 3.42. The molecule has 0 aliphatic carbocycles. The smallest absolute Gasteiger partial charge is 0.123 e. The fraction of sp³-hybridized carbons (Fsp3) is 0.429. The van der Waals surface area contributed by atoms with Crippen molar-refractivity contribution in [3.8, 4) is 0 Å². The monoisotopic (exact) mass is 435 g/mol. The lowest BCUT2D eigenvalue weighted by molar-refractivity contribution is 0.222. The van der Waals surface area contributed by atoms with Gasteiger partial charge in [0.25, 0.3) is 0 Å². The number of nitrogens with one attached hydrogen (secondary N) is 1. The molecule has 1 N–H and O–H groups in total. The molecule has 156 valence electrons. The standard InChI is InChI=1S/C21H26FN5S.ClH/c1-16-21(28-15-24-16)14-26(10-18-6-7-23-8-18)11-19-9-25-27(13-19)12-17-2-4-20(22)5-3-17;/h2-5,9,13,15,18,23H,6-8,10-12,14H2,1H3;1H. The first kappa shape index (κ1) is 21.9. The SMILES string of the molecule is Cc1ncsc1CN(Cc1cnn(Cc2ccc(F)cc2)c1)CC1CCNC1.Cl. The quantitative estimate of drug-likeness (QED) is 0.583. The highest BCUT2D eigenvalue weighted by Crippen LogP contribution is 2.20. The van der Waals surface area contributed by atoms with Crippen molar-refractivity contribution in [2.45, 2.75) is 33.0 Å². The number of benzene rings is 1. The molecule has 0 amide bonds. The van der Waals surface area contributed by atoms with Gasteiger partial charge in [-0.2, -0.15) is 5.10 Å². The summed E-state index contributed by atoms with van der Waals surface area (Å²) in [4.78, 5) is 8.25. The molecule has 29 heavy (non-hydrogen) atoms. The van der Waals surface area contributed by atoms with Crippen LogP contribution in [-0.4, -0.2) is 39.3 Å². The first-order valence-electron chi connectivity index (χ1n) is 9.73. The van der Waals surface area contributed by atoms with Gasteiger partial charge in [0.2, 0.25) is 0 Å². The number of halogens is 2. The van der Waals surface area contributed by atoms with Crippen molar-refractivity contribution in [2.75, 3.05) is 19.6 Å². The molecule has 0 spiro atoms. The molecule has 3 heterocycles. The summed E-state index contributed by atoms with van der Waals surface area (Å²) >= 11 is 1.73. The van der Waals surface area contributed by atoms with Gasteiger partial charge in [-0.3, -0.25) is 9.58 Å². The van der Waals surface area contributed by atoms with Gasteiger partial charge >= 0.3 is 0 Å². The molecule has 1 fully saturated rings. The highest BCUT2D eigenvalue weighted by Gasteiger charge is 2.20. The van der Waals surface area contributed by atoms with Gasteiger partial charge in [0.15, 0.2) is 0 Å². The van der Waals surface area contributed by atoms with Crippen molar-refractivity contribution in [1.29, 1.82) is 0 Å². The Balaban J connectivity index is 0.00000240. The summed E-state index contributed by atoms with van der Waals surface area (Å²) in [6.07, 6.45) is 5.29. The molecule has 1 aliphatic heterocycles. The van der Waals surface area contributed by atoms with Gasteiger partial charge < -0.3 is 5.32 Å². The normalized spacial score (nSPS) is 16.3. The number of aromatic nitrogens is 3. The van der Waals surface area contributed by atoms with E-state index < -0.39 is 0 Å². The third-order valence-electron chi connectivity index (χ3n) is 5.24. The van der Waals surface area contributed by atoms with E-state index in [-0.39, 0.29) is 18.2 Å². The van der Waals surface area contributed by atoms with E-state index in [1.54, 1.807) is 11.3 Å². The highest BCUT2D eigenvalue weighted by molar-refractivity contribution is 7.09. The van der Waals surface area contributed by atoms with E-state index in [4.69, 9.17) is 0 Å². The van der Waals surface area contributed by atoms with Crippen LogP contribution in [0.4, 0.5) is 4.39 Å². The molecule has 1 aromatic carbocycles. The van der Waals surface area contributed by atoms with Crippen LogP contribution in [0.2, 0.25) is 0 Å². The lowest BCUT2D eigenvalue weighted by atomic mass is 10.1. The summed E-state index contributed by atoms with van der Waals surface area (Å²) in [7, 11) is 0. The Morgan fingerprint density at radius 2 is 2.07 bits per heavy atom. The largest absolute Gasteiger partial charge is 0.316 e. The molecular formula is C21H27ClFN5S. The van der Waals surface area contributed by atoms with Crippen molar-refractivity contribution < 1.29 is 4.39 Å². The number of nitrogens with zero attached hydrogens (tertiary/aromatic N) is 4. The van der Waals surface area contributed by atoms with E-state index in [1.165, 1.54) is 29.0 Å². The Bertz CT molecular complexity index is 889. The topological polar surface area (TPSA) is 46.0 Å². The van der Waals surface area contributed by atoms with Crippen LogP contribution in [0.1, 0.15) is 28.1 Å². The van der Waals surface area contributed by atoms with E-state index in [1.807, 2.05) is 28.5 Å². The summed E-state index contributed by atoms with van der Waals surface area (Å²) in [5.74, 6) is 0.489. The zero-order chi connectivity index (χ0) is 19.3. The number of thiazole rings is 1. The van der Waals surface area contributed by atoms with Crippen LogP contribution in [0.3, 0.4) is 0 Å². The molecule has 0 saturated carbocycles. The number of hydrogen-bond donors (Lipinski definition) is 1. The zero-order valence-corrected chi connectivity index (χ0v) is 18.2. The minimum Gasteiger partial charge on any atom is -0.316 e. The Morgan fingerprint density at radius 3 is 2.76 bits per heavy atom. The highest BCUT2D eigenvalue weighted by atomic mass is 35.5. The fourth-order valence-corrected chi connectivity index (χ4v) is 4.53. The van der Waals surface area contributed by atoms with Gasteiger partial charge in [0.05, 0.1) is 23.9 Å². The van der Waals surface area contributed by atoms with Crippen molar-refractivity contribution in [2.24, 2.45) is 5.92 Å². The van der Waals surface area contributed by atoms with Crippen LogP contribution >= 0.6 is 23.7 Å². The summed E-state index contributed by atoms with van der Waals surface area (Å²) in [5, 5.41) is 7.98. The summed E-state index contributed by atoms with van der Waals surface area (Å²) < 4.78 is 15.0. The first-order valence-corrected chi connectivity index (χ1v) is 10.6. The molecule has 3 aromatic rings. The summed E-state index contributed by atoms with van der Waals surface area (Å²) in [6, 6.07) is 6.61. The molecule has 1 atom stereocenters. The van der Waals surface area contributed by atoms with E-state index in [9.17, 15) is 4.39 Å². The molecule has 0 bridgehead atoms. The molecule has 5 nitrogen and oxygen atoms in total. The molecule has 2 aromatic heterocycles. The Labute approximate surface area is 181 Å². The van der Waals surface area contributed by atoms with Crippen molar-refractivity contribution in [3.63, 3.8) is 0 Å². The van der Waals surface area contributed by atoms with E-state index >= 15 is 0 Å². The Morgan fingerprint density at radius 1 is 1.24 bits per heavy atom. The van der Waals surface area contributed by atoms with Crippen molar-refractivity contribution in [3.05, 3.63) is 69.7 Å². The lowest BCUT2D eigenvalue weighted by Crippen LogP contribution is -2.29. The molecule has 1 aliphatic rings.